The number of carbonyl (C=O) groups is 1. The molecule has 1 atom stereocenters. The predicted molar refractivity (Wildman–Crippen MR) is 70.3 cm³/mol. The van der Waals surface area contributed by atoms with Crippen molar-refractivity contribution in [3.63, 3.8) is 0 Å². The zero-order valence-corrected chi connectivity index (χ0v) is 11.7. The lowest BCUT2D eigenvalue weighted by molar-refractivity contribution is -0.148. The normalized spacial score (nSPS) is 14.2. The third-order valence-electron chi connectivity index (χ3n) is 3.02. The van der Waals surface area contributed by atoms with E-state index in [1.165, 1.54) is 7.11 Å². The highest BCUT2D eigenvalue weighted by atomic mass is 16.5. The number of nitrogens with one attached hydrogen (secondary N) is 1. The number of esters is 1. The van der Waals surface area contributed by atoms with Gasteiger partial charge in [0.1, 0.15) is 5.54 Å². The average Bonchev–Trinajstić information content (AvgIpc) is 2.78. The van der Waals surface area contributed by atoms with Gasteiger partial charge in [-0.1, -0.05) is 6.92 Å². The van der Waals surface area contributed by atoms with Crippen LogP contribution in [0.1, 0.15) is 32.4 Å². The summed E-state index contributed by atoms with van der Waals surface area (Å²) in [6, 6.07) is 1.95. The molecule has 0 spiro atoms. The molecule has 0 radical (unpaired) electrons. The SMILES string of the molecule is CCCNC(C)(CCn1ccc(C)n1)C(=O)OC. The van der Waals surface area contributed by atoms with Crippen LogP contribution in [0.3, 0.4) is 0 Å². The topological polar surface area (TPSA) is 56.2 Å². The number of carbonyl (C=O) groups excluding carboxylic acids is 1. The zero-order chi connectivity index (χ0) is 13.6. The van der Waals surface area contributed by atoms with Crippen LogP contribution in [0.15, 0.2) is 12.3 Å². The van der Waals surface area contributed by atoms with Crippen LogP contribution in [0.5, 0.6) is 0 Å². The van der Waals surface area contributed by atoms with Gasteiger partial charge in [-0.2, -0.15) is 5.10 Å². The minimum Gasteiger partial charge on any atom is -0.468 e. The Morgan fingerprint density at radius 2 is 2.33 bits per heavy atom. The van der Waals surface area contributed by atoms with Crippen molar-refractivity contribution < 1.29 is 9.53 Å². The molecule has 18 heavy (non-hydrogen) atoms. The minimum atomic E-state index is -0.648. The third kappa shape index (κ3) is 3.84. The largest absolute Gasteiger partial charge is 0.468 e. The van der Waals surface area contributed by atoms with E-state index in [1.807, 2.05) is 30.8 Å². The number of rotatable bonds is 7. The maximum atomic E-state index is 11.9. The maximum absolute atomic E-state index is 11.9. The summed E-state index contributed by atoms with van der Waals surface area (Å²) < 4.78 is 6.73. The van der Waals surface area contributed by atoms with Gasteiger partial charge in [0, 0.05) is 12.7 Å². The number of ether oxygens (including phenoxy) is 1. The summed E-state index contributed by atoms with van der Waals surface area (Å²) in [6.07, 6.45) is 3.56. The van der Waals surface area contributed by atoms with Crippen molar-refractivity contribution in [3.8, 4) is 0 Å². The van der Waals surface area contributed by atoms with E-state index in [4.69, 9.17) is 4.74 Å². The summed E-state index contributed by atoms with van der Waals surface area (Å²) in [5.41, 5.74) is 0.334. The number of methoxy groups -OCH3 is 1. The highest BCUT2D eigenvalue weighted by molar-refractivity contribution is 5.80. The van der Waals surface area contributed by atoms with Gasteiger partial charge in [-0.3, -0.25) is 9.48 Å². The van der Waals surface area contributed by atoms with Crippen LogP contribution in [0.2, 0.25) is 0 Å². The average molecular weight is 253 g/mol. The van der Waals surface area contributed by atoms with Crippen LogP contribution in [0.4, 0.5) is 0 Å². The molecule has 5 heteroatoms. The molecule has 1 heterocycles. The summed E-state index contributed by atoms with van der Waals surface area (Å²) in [7, 11) is 1.42. The van der Waals surface area contributed by atoms with Crippen molar-refractivity contribution >= 4 is 5.97 Å². The van der Waals surface area contributed by atoms with E-state index in [1.54, 1.807) is 0 Å². The van der Waals surface area contributed by atoms with E-state index in [2.05, 4.69) is 17.3 Å². The Balaban J connectivity index is 2.63. The number of nitrogens with zero attached hydrogens (tertiary/aromatic N) is 2. The first kappa shape index (κ1) is 14.7. The second-order valence-electron chi connectivity index (χ2n) is 4.72. The fourth-order valence-corrected chi connectivity index (χ4v) is 1.81. The molecule has 1 rings (SSSR count). The second-order valence-corrected chi connectivity index (χ2v) is 4.72. The van der Waals surface area contributed by atoms with E-state index in [0.29, 0.717) is 13.0 Å². The third-order valence-corrected chi connectivity index (χ3v) is 3.02. The predicted octanol–water partition coefficient (Wildman–Crippen LogP) is 1.51. The van der Waals surface area contributed by atoms with Crippen molar-refractivity contribution in [1.82, 2.24) is 15.1 Å². The number of hydrogen-bond acceptors (Lipinski definition) is 4. The van der Waals surface area contributed by atoms with Gasteiger partial charge in [0.2, 0.25) is 0 Å². The van der Waals surface area contributed by atoms with Crippen molar-refractivity contribution in [2.75, 3.05) is 13.7 Å². The van der Waals surface area contributed by atoms with Crippen molar-refractivity contribution in [2.45, 2.75) is 45.7 Å². The molecule has 0 bridgehead atoms. The van der Waals surface area contributed by atoms with E-state index in [-0.39, 0.29) is 5.97 Å². The molecular weight excluding hydrogens is 230 g/mol. The summed E-state index contributed by atoms with van der Waals surface area (Å²) >= 11 is 0. The molecule has 0 fully saturated rings. The van der Waals surface area contributed by atoms with Crippen LogP contribution in [-0.2, 0) is 16.1 Å². The first-order valence-electron chi connectivity index (χ1n) is 6.35. The second kappa shape index (κ2) is 6.54. The summed E-state index contributed by atoms with van der Waals surface area (Å²) in [4.78, 5) is 11.9. The Kier molecular flexibility index (Phi) is 5.34. The maximum Gasteiger partial charge on any atom is 0.325 e. The lowest BCUT2D eigenvalue weighted by atomic mass is 9.97. The van der Waals surface area contributed by atoms with Crippen LogP contribution < -0.4 is 5.32 Å². The molecule has 0 saturated carbocycles. The Morgan fingerprint density at radius 1 is 1.61 bits per heavy atom. The summed E-state index contributed by atoms with van der Waals surface area (Å²) in [5.74, 6) is -0.222. The summed E-state index contributed by atoms with van der Waals surface area (Å²) in [6.45, 7) is 7.39. The molecule has 0 aliphatic carbocycles. The van der Waals surface area contributed by atoms with E-state index in [9.17, 15) is 4.79 Å². The monoisotopic (exact) mass is 253 g/mol. The minimum absolute atomic E-state index is 0.222. The van der Waals surface area contributed by atoms with Gasteiger partial charge in [-0.15, -0.1) is 0 Å². The molecule has 0 amide bonds. The molecule has 1 unspecified atom stereocenters. The first-order valence-corrected chi connectivity index (χ1v) is 6.35. The summed E-state index contributed by atoms with van der Waals surface area (Å²) in [5, 5.41) is 7.57. The highest BCUT2D eigenvalue weighted by Crippen LogP contribution is 2.13. The van der Waals surface area contributed by atoms with E-state index < -0.39 is 5.54 Å². The van der Waals surface area contributed by atoms with Gasteiger partial charge in [0.15, 0.2) is 0 Å². The molecular formula is C13H23N3O2. The lowest BCUT2D eigenvalue weighted by Crippen LogP contribution is -2.51. The molecule has 0 aromatic carbocycles. The van der Waals surface area contributed by atoms with Crippen LogP contribution in [0.25, 0.3) is 0 Å². The molecule has 1 aromatic heterocycles. The van der Waals surface area contributed by atoms with Crippen molar-refractivity contribution in [3.05, 3.63) is 18.0 Å². The van der Waals surface area contributed by atoms with Gasteiger partial charge in [0.25, 0.3) is 0 Å². The standard InChI is InChI=1S/C13H23N3O2/c1-5-8-14-13(3,12(17)18-4)7-10-16-9-6-11(2)15-16/h6,9,14H,5,7-8,10H2,1-4H3. The number of hydrogen-bond donors (Lipinski definition) is 1. The highest BCUT2D eigenvalue weighted by Gasteiger charge is 2.33. The fourth-order valence-electron chi connectivity index (χ4n) is 1.81. The van der Waals surface area contributed by atoms with Crippen molar-refractivity contribution in [2.24, 2.45) is 0 Å². The van der Waals surface area contributed by atoms with E-state index in [0.717, 1.165) is 18.7 Å². The lowest BCUT2D eigenvalue weighted by Gasteiger charge is -2.27. The van der Waals surface area contributed by atoms with Gasteiger partial charge in [-0.05, 0) is 39.3 Å². The quantitative estimate of drug-likeness (QED) is 0.748. The molecule has 5 nitrogen and oxygen atoms in total. The molecule has 0 aliphatic rings. The molecule has 1 N–H and O–H groups in total. The van der Waals surface area contributed by atoms with E-state index >= 15 is 0 Å². The first-order chi connectivity index (χ1) is 8.51. The smallest absolute Gasteiger partial charge is 0.325 e. The van der Waals surface area contributed by atoms with Gasteiger partial charge >= 0.3 is 5.97 Å². The van der Waals surface area contributed by atoms with Gasteiger partial charge in [0.05, 0.1) is 12.8 Å². The number of aromatic nitrogens is 2. The zero-order valence-electron chi connectivity index (χ0n) is 11.7. The molecule has 0 aliphatic heterocycles. The molecule has 102 valence electrons. The Hall–Kier alpha value is -1.36. The van der Waals surface area contributed by atoms with Crippen LogP contribution in [-0.4, -0.2) is 34.9 Å². The van der Waals surface area contributed by atoms with Crippen molar-refractivity contribution in [1.29, 1.82) is 0 Å². The molecule has 1 aromatic rings. The molecule has 0 saturated heterocycles. The van der Waals surface area contributed by atoms with Gasteiger partial charge in [-0.25, -0.2) is 0 Å². The Labute approximate surface area is 109 Å². The Bertz CT molecular complexity index is 389. The van der Waals surface area contributed by atoms with Crippen LogP contribution >= 0.6 is 0 Å². The van der Waals surface area contributed by atoms with Crippen LogP contribution in [0, 0.1) is 6.92 Å². The Morgan fingerprint density at radius 3 is 2.83 bits per heavy atom. The number of aryl methyl sites for hydroxylation is 2. The fraction of sp³-hybridized carbons (Fsp3) is 0.692. The van der Waals surface area contributed by atoms with Gasteiger partial charge < -0.3 is 10.1 Å².